The van der Waals surface area contributed by atoms with Crippen LogP contribution in [0.5, 0.6) is 5.75 Å². The Balaban J connectivity index is 1.92. The number of carbonyl (C=O) groups excluding carboxylic acids is 1. The lowest BCUT2D eigenvalue weighted by atomic mass is 9.92. The van der Waals surface area contributed by atoms with Gasteiger partial charge in [0.1, 0.15) is 11.4 Å². The Morgan fingerprint density at radius 2 is 2.24 bits per heavy atom. The van der Waals surface area contributed by atoms with Gasteiger partial charge < -0.3 is 9.47 Å². The van der Waals surface area contributed by atoms with Crippen molar-refractivity contribution in [3.63, 3.8) is 0 Å². The molecule has 3 nitrogen and oxygen atoms in total. The highest BCUT2D eigenvalue weighted by molar-refractivity contribution is 5.74. The van der Waals surface area contributed by atoms with E-state index >= 15 is 0 Å². The minimum atomic E-state index is -0.240. The van der Waals surface area contributed by atoms with Crippen molar-refractivity contribution in [1.82, 2.24) is 0 Å². The van der Waals surface area contributed by atoms with Crippen LogP contribution in [0, 0.1) is 0 Å². The average Bonchev–Trinajstić information content (AvgIpc) is 2.73. The maximum atomic E-state index is 11.3. The third kappa shape index (κ3) is 1.38. The first-order valence-electron chi connectivity index (χ1n) is 5.96. The molecule has 3 rings (SSSR count). The first-order valence-corrected chi connectivity index (χ1v) is 5.96. The Morgan fingerprint density at radius 3 is 2.88 bits per heavy atom. The Kier molecular flexibility index (Phi) is 2.03. The largest absolute Gasteiger partial charge is 0.497 e. The number of ether oxygens (including phenoxy) is 2. The molecule has 2 atom stereocenters. The molecule has 2 fully saturated rings. The predicted octanol–water partition coefficient (Wildman–Crippen LogP) is 2.43. The number of rotatable bonds is 2. The molecule has 1 aromatic rings. The van der Waals surface area contributed by atoms with Gasteiger partial charge in [0.2, 0.25) is 0 Å². The Morgan fingerprint density at radius 1 is 1.41 bits per heavy atom. The summed E-state index contributed by atoms with van der Waals surface area (Å²) in [6.45, 7) is 2.17. The second-order valence-electron chi connectivity index (χ2n) is 5.21. The molecule has 1 saturated heterocycles. The summed E-state index contributed by atoms with van der Waals surface area (Å²) in [7, 11) is 1.67. The molecule has 0 amide bonds. The maximum absolute atomic E-state index is 11.3. The molecule has 1 aliphatic carbocycles. The van der Waals surface area contributed by atoms with E-state index in [9.17, 15) is 4.79 Å². The molecule has 3 heteroatoms. The summed E-state index contributed by atoms with van der Waals surface area (Å²) in [6, 6.07) is 8.05. The second-order valence-corrected chi connectivity index (χ2v) is 5.21. The van der Waals surface area contributed by atoms with Crippen LogP contribution in [-0.4, -0.2) is 18.7 Å². The first-order chi connectivity index (χ1) is 8.10. The van der Waals surface area contributed by atoms with E-state index in [0.29, 0.717) is 6.42 Å². The van der Waals surface area contributed by atoms with Gasteiger partial charge in [-0.2, -0.15) is 0 Å². The van der Waals surface area contributed by atoms with Crippen molar-refractivity contribution in [2.75, 3.05) is 7.11 Å². The number of methoxy groups -OCH3 is 1. The van der Waals surface area contributed by atoms with E-state index in [1.54, 1.807) is 7.11 Å². The molecule has 0 aromatic heterocycles. The van der Waals surface area contributed by atoms with Gasteiger partial charge in [-0.3, -0.25) is 4.79 Å². The van der Waals surface area contributed by atoms with Crippen LogP contribution in [0.15, 0.2) is 24.3 Å². The lowest BCUT2D eigenvalue weighted by Crippen LogP contribution is -2.21. The van der Waals surface area contributed by atoms with E-state index in [1.807, 2.05) is 18.2 Å². The van der Waals surface area contributed by atoms with Gasteiger partial charge in [0.15, 0.2) is 0 Å². The van der Waals surface area contributed by atoms with E-state index in [1.165, 1.54) is 5.56 Å². The lowest BCUT2D eigenvalue weighted by Gasteiger charge is -2.18. The van der Waals surface area contributed by atoms with Gasteiger partial charge >= 0.3 is 5.97 Å². The first kappa shape index (κ1) is 10.6. The van der Waals surface area contributed by atoms with Gasteiger partial charge in [0.25, 0.3) is 0 Å². The van der Waals surface area contributed by atoms with Crippen molar-refractivity contribution in [1.29, 1.82) is 0 Å². The van der Waals surface area contributed by atoms with Crippen molar-refractivity contribution >= 4 is 5.97 Å². The zero-order chi connectivity index (χ0) is 12.1. The molecule has 1 aliphatic heterocycles. The zero-order valence-corrected chi connectivity index (χ0v) is 10.2. The van der Waals surface area contributed by atoms with E-state index in [2.05, 4.69) is 13.0 Å². The fourth-order valence-corrected chi connectivity index (χ4v) is 3.00. The monoisotopic (exact) mass is 232 g/mol. The van der Waals surface area contributed by atoms with E-state index in [-0.39, 0.29) is 17.0 Å². The molecule has 17 heavy (non-hydrogen) atoms. The van der Waals surface area contributed by atoms with Crippen LogP contribution in [0.2, 0.25) is 0 Å². The fraction of sp³-hybridized carbons (Fsp3) is 0.500. The number of hydrogen-bond donors (Lipinski definition) is 0. The number of hydrogen-bond acceptors (Lipinski definition) is 3. The summed E-state index contributed by atoms with van der Waals surface area (Å²) in [6.07, 6.45) is 2.33. The van der Waals surface area contributed by atoms with Crippen molar-refractivity contribution in [2.24, 2.45) is 0 Å². The molecule has 1 saturated carbocycles. The SMILES string of the molecule is COc1cccc([C@@]2(C)C[C@@]23CCC(=O)O3)c1. The molecule has 2 aliphatic rings. The smallest absolute Gasteiger partial charge is 0.306 e. The molecule has 0 bridgehead atoms. The highest BCUT2D eigenvalue weighted by atomic mass is 16.6. The summed E-state index contributed by atoms with van der Waals surface area (Å²) in [5.74, 6) is 0.798. The van der Waals surface area contributed by atoms with Crippen molar-refractivity contribution in [2.45, 2.75) is 37.2 Å². The summed E-state index contributed by atoms with van der Waals surface area (Å²) in [5.41, 5.74) is 0.927. The quantitative estimate of drug-likeness (QED) is 0.735. The molecule has 1 heterocycles. The van der Waals surface area contributed by atoms with Gasteiger partial charge in [0.05, 0.1) is 7.11 Å². The minimum absolute atomic E-state index is 0.0340. The minimum Gasteiger partial charge on any atom is -0.497 e. The number of carbonyl (C=O) groups is 1. The van der Waals surface area contributed by atoms with E-state index in [4.69, 9.17) is 9.47 Å². The normalized spacial score (nSPS) is 34.8. The van der Waals surface area contributed by atoms with Crippen molar-refractivity contribution in [3.8, 4) is 5.75 Å². The van der Waals surface area contributed by atoms with Crippen molar-refractivity contribution in [3.05, 3.63) is 29.8 Å². The number of esters is 1. The van der Waals surface area contributed by atoms with Gasteiger partial charge in [-0.1, -0.05) is 19.1 Å². The molecule has 0 unspecified atom stereocenters. The van der Waals surface area contributed by atoms with Gasteiger partial charge in [-0.25, -0.2) is 0 Å². The third-order valence-electron chi connectivity index (χ3n) is 4.27. The Bertz CT molecular complexity index is 482. The summed E-state index contributed by atoms with van der Waals surface area (Å²) in [5, 5.41) is 0. The molecule has 1 spiro atoms. The Hall–Kier alpha value is -1.51. The summed E-state index contributed by atoms with van der Waals surface area (Å²) >= 11 is 0. The van der Waals surface area contributed by atoms with Crippen LogP contribution in [0.4, 0.5) is 0 Å². The molecular formula is C14H16O3. The predicted molar refractivity (Wildman–Crippen MR) is 63.0 cm³/mol. The standard InChI is InChI=1S/C14H16O3/c1-13(9-14(13)7-6-12(15)17-14)10-4-3-5-11(8-10)16-2/h3-5,8H,6-7,9H2,1-2H3/t13-,14+/m1/s1. The molecule has 0 N–H and O–H groups in total. The van der Waals surface area contributed by atoms with Gasteiger partial charge in [-0.05, 0) is 24.1 Å². The molecule has 0 radical (unpaired) electrons. The van der Waals surface area contributed by atoms with E-state index < -0.39 is 0 Å². The molecule has 1 aromatic carbocycles. The van der Waals surface area contributed by atoms with Crippen LogP contribution in [0.25, 0.3) is 0 Å². The summed E-state index contributed by atoms with van der Waals surface area (Å²) < 4.78 is 10.8. The zero-order valence-electron chi connectivity index (χ0n) is 10.2. The van der Waals surface area contributed by atoms with Crippen LogP contribution in [-0.2, 0) is 14.9 Å². The third-order valence-corrected chi connectivity index (χ3v) is 4.27. The van der Waals surface area contributed by atoms with Crippen molar-refractivity contribution < 1.29 is 14.3 Å². The number of benzene rings is 1. The van der Waals surface area contributed by atoms with Crippen LogP contribution >= 0.6 is 0 Å². The van der Waals surface area contributed by atoms with Gasteiger partial charge in [-0.15, -0.1) is 0 Å². The molecular weight excluding hydrogens is 216 g/mol. The van der Waals surface area contributed by atoms with Gasteiger partial charge in [0, 0.05) is 18.3 Å². The maximum Gasteiger partial charge on any atom is 0.306 e. The van der Waals surface area contributed by atoms with Crippen LogP contribution < -0.4 is 4.74 Å². The highest BCUT2D eigenvalue weighted by Gasteiger charge is 2.70. The second kappa shape index (κ2) is 3.25. The molecule has 90 valence electrons. The highest BCUT2D eigenvalue weighted by Crippen LogP contribution is 2.64. The van der Waals surface area contributed by atoms with E-state index in [0.717, 1.165) is 18.6 Å². The van der Waals surface area contributed by atoms with Crippen LogP contribution in [0.1, 0.15) is 31.7 Å². The van der Waals surface area contributed by atoms with Crippen LogP contribution in [0.3, 0.4) is 0 Å². The average molecular weight is 232 g/mol. The summed E-state index contributed by atoms with van der Waals surface area (Å²) in [4.78, 5) is 11.3. The fourth-order valence-electron chi connectivity index (χ4n) is 3.00. The topological polar surface area (TPSA) is 35.5 Å². The Labute approximate surface area is 101 Å². The lowest BCUT2D eigenvalue weighted by molar-refractivity contribution is -0.143.